The highest BCUT2D eigenvalue weighted by Gasteiger charge is 2.86. The molecule has 10 nitrogen and oxygen atoms in total. The van der Waals surface area contributed by atoms with E-state index in [1.54, 1.807) is 6.92 Å². The van der Waals surface area contributed by atoms with Crippen molar-refractivity contribution in [2.45, 2.75) is 160 Å². The summed E-state index contributed by atoms with van der Waals surface area (Å²) in [5.41, 5.74) is -0.492. The van der Waals surface area contributed by atoms with Crippen molar-refractivity contribution in [3.05, 3.63) is 0 Å². The molecule has 0 aromatic carbocycles. The van der Waals surface area contributed by atoms with Gasteiger partial charge < -0.3 is 43.7 Å². The number of hydrogen-bond donors (Lipinski definition) is 3. The van der Waals surface area contributed by atoms with Gasteiger partial charge in [-0.2, -0.15) is 0 Å². The van der Waals surface area contributed by atoms with Crippen LogP contribution in [0.2, 0.25) is 0 Å². The molecule has 3 spiro atoms. The van der Waals surface area contributed by atoms with Gasteiger partial charge in [-0.05, 0) is 97.2 Å². The van der Waals surface area contributed by atoms with Crippen molar-refractivity contribution in [2.75, 3.05) is 13.2 Å². The second-order valence-electron chi connectivity index (χ2n) is 18.9. The monoisotopic (exact) mass is 660 g/mol. The summed E-state index contributed by atoms with van der Waals surface area (Å²) in [7, 11) is 0. The van der Waals surface area contributed by atoms with Gasteiger partial charge in [0, 0.05) is 18.8 Å². The summed E-state index contributed by atoms with van der Waals surface area (Å²) in [6.07, 6.45) is 2.89. The van der Waals surface area contributed by atoms with E-state index in [9.17, 15) is 20.1 Å². The quantitative estimate of drug-likeness (QED) is 0.234. The highest BCUT2D eigenvalue weighted by Crippen LogP contribution is 2.89. The number of carbonyl (C=O) groups excluding carboxylic acids is 1. The predicted molar refractivity (Wildman–Crippen MR) is 166 cm³/mol. The summed E-state index contributed by atoms with van der Waals surface area (Å²) in [4.78, 5) is 12.9. The molecule has 47 heavy (non-hydrogen) atoms. The molecule has 5 aliphatic carbocycles. The van der Waals surface area contributed by atoms with Gasteiger partial charge >= 0.3 is 5.97 Å². The van der Waals surface area contributed by atoms with Crippen LogP contribution >= 0.6 is 0 Å². The number of rotatable bonds is 3. The SMILES string of the molecule is CC(=O)O[C@@H]1C[C@@]23C[C@@]24CC[C@H](O[C@@H]2OC[C@H](O)[C@H](O)[C@H]2O)C(C)(C)[C@@H]4CC[C@H]3[C@]2(C)C[C@@H]3O[C@@]4(C[C@@H](C)[C@@H]3[C@@]12C)OC[C@]1(C)O[C@H]41. The fourth-order valence-electron chi connectivity index (χ4n) is 14.6. The number of fused-ring (bicyclic) bond motifs is 6. The van der Waals surface area contributed by atoms with Gasteiger partial charge in [0.15, 0.2) is 12.1 Å². The van der Waals surface area contributed by atoms with Crippen molar-refractivity contribution in [3.63, 3.8) is 0 Å². The van der Waals surface area contributed by atoms with Crippen molar-refractivity contribution in [3.8, 4) is 0 Å². The molecule has 3 N–H and O–H groups in total. The molecule has 18 atom stereocenters. The Balaban J connectivity index is 1.03. The second-order valence-corrected chi connectivity index (χ2v) is 18.9. The Hall–Kier alpha value is -0.850. The van der Waals surface area contributed by atoms with E-state index in [0.29, 0.717) is 24.4 Å². The number of hydrogen-bond acceptors (Lipinski definition) is 10. The summed E-state index contributed by atoms with van der Waals surface area (Å²) in [6.45, 7) is 16.1. The minimum atomic E-state index is -1.29. The zero-order chi connectivity index (χ0) is 33.3. The van der Waals surface area contributed by atoms with Gasteiger partial charge in [-0.15, -0.1) is 0 Å². The van der Waals surface area contributed by atoms with Crippen molar-refractivity contribution in [1.29, 1.82) is 0 Å². The maximum atomic E-state index is 12.9. The topological polar surface area (TPSA) is 136 Å². The molecule has 9 aliphatic rings. The molecule has 10 heteroatoms. The van der Waals surface area contributed by atoms with Crippen LogP contribution in [0.4, 0.5) is 0 Å². The van der Waals surface area contributed by atoms with Crippen molar-refractivity contribution >= 4 is 5.97 Å². The van der Waals surface area contributed by atoms with Crippen molar-refractivity contribution in [2.24, 2.45) is 50.7 Å². The first kappa shape index (κ1) is 32.1. The highest BCUT2D eigenvalue weighted by molar-refractivity contribution is 5.66. The van der Waals surface area contributed by atoms with Crippen LogP contribution < -0.4 is 0 Å². The number of carbonyl (C=O) groups is 1. The number of esters is 1. The van der Waals surface area contributed by atoms with E-state index in [0.717, 1.165) is 51.4 Å². The average molecular weight is 661 g/mol. The molecular weight excluding hydrogens is 604 g/mol. The Labute approximate surface area is 278 Å². The molecule has 0 bridgehead atoms. The first-order valence-corrected chi connectivity index (χ1v) is 18.5. The number of aliphatic hydroxyl groups excluding tert-OH is 3. The van der Waals surface area contributed by atoms with Gasteiger partial charge in [-0.25, -0.2) is 0 Å². The van der Waals surface area contributed by atoms with Crippen LogP contribution in [0.1, 0.15) is 99.8 Å². The second kappa shape index (κ2) is 9.52. The van der Waals surface area contributed by atoms with Gasteiger partial charge in [0.1, 0.15) is 36.1 Å². The Kier molecular flexibility index (Phi) is 6.50. The van der Waals surface area contributed by atoms with Gasteiger partial charge in [0.2, 0.25) is 0 Å². The minimum absolute atomic E-state index is 0.00697. The van der Waals surface area contributed by atoms with Crippen LogP contribution in [0.3, 0.4) is 0 Å². The summed E-state index contributed by atoms with van der Waals surface area (Å²) in [6, 6.07) is 0. The van der Waals surface area contributed by atoms with Crippen LogP contribution in [0, 0.1) is 50.7 Å². The number of ether oxygens (including phenoxy) is 6. The lowest BCUT2D eigenvalue weighted by molar-refractivity contribution is -0.309. The van der Waals surface area contributed by atoms with Gasteiger partial charge in [0.25, 0.3) is 0 Å². The molecule has 9 fully saturated rings. The third kappa shape index (κ3) is 3.78. The molecule has 4 aliphatic heterocycles. The third-order valence-corrected chi connectivity index (χ3v) is 16.6. The Morgan fingerprint density at radius 1 is 0.872 bits per heavy atom. The Morgan fingerprint density at radius 2 is 1.62 bits per heavy atom. The zero-order valence-corrected chi connectivity index (χ0v) is 29.2. The Bertz CT molecular complexity index is 1360. The van der Waals surface area contributed by atoms with E-state index >= 15 is 0 Å². The van der Waals surface area contributed by atoms with Crippen LogP contribution in [-0.4, -0.2) is 94.9 Å². The highest BCUT2D eigenvalue weighted by atomic mass is 16.8. The average Bonchev–Trinajstić information content (AvgIpc) is 3.81. The zero-order valence-electron chi connectivity index (χ0n) is 29.2. The van der Waals surface area contributed by atoms with Crippen LogP contribution in [0.25, 0.3) is 0 Å². The lowest BCUT2D eigenvalue weighted by Crippen LogP contribution is -2.64. The smallest absolute Gasteiger partial charge is 0.302 e. The molecule has 0 unspecified atom stereocenters. The molecule has 0 aromatic heterocycles. The summed E-state index contributed by atoms with van der Waals surface area (Å²) < 4.78 is 38.4. The molecule has 0 radical (unpaired) electrons. The summed E-state index contributed by atoms with van der Waals surface area (Å²) in [5, 5.41) is 31.0. The third-order valence-electron chi connectivity index (χ3n) is 16.6. The fourth-order valence-corrected chi connectivity index (χ4v) is 14.6. The first-order valence-electron chi connectivity index (χ1n) is 18.5. The minimum Gasteiger partial charge on any atom is -0.462 e. The lowest BCUT2D eigenvalue weighted by Gasteiger charge is -2.65. The number of epoxide rings is 1. The van der Waals surface area contributed by atoms with E-state index in [1.807, 2.05) is 0 Å². The van der Waals surface area contributed by atoms with Gasteiger partial charge in [-0.1, -0.05) is 34.6 Å². The van der Waals surface area contributed by atoms with E-state index in [1.165, 1.54) is 0 Å². The lowest BCUT2D eigenvalue weighted by atomic mass is 9.41. The molecule has 0 amide bonds. The predicted octanol–water partition coefficient (Wildman–Crippen LogP) is 3.71. The molecule has 264 valence electrons. The van der Waals surface area contributed by atoms with Gasteiger partial charge in [0.05, 0.1) is 25.4 Å². The maximum absolute atomic E-state index is 12.9. The van der Waals surface area contributed by atoms with E-state index in [-0.39, 0.29) is 75.6 Å². The van der Waals surface area contributed by atoms with Gasteiger partial charge in [-0.3, -0.25) is 4.79 Å². The molecule has 0 aromatic rings. The molecule has 4 saturated heterocycles. The van der Waals surface area contributed by atoms with Crippen LogP contribution in [0.15, 0.2) is 0 Å². The normalized spacial score (nSPS) is 62.8. The summed E-state index contributed by atoms with van der Waals surface area (Å²) >= 11 is 0. The van der Waals surface area contributed by atoms with E-state index in [4.69, 9.17) is 28.4 Å². The molecule has 9 rings (SSSR count). The van der Waals surface area contributed by atoms with E-state index < -0.39 is 30.4 Å². The largest absolute Gasteiger partial charge is 0.462 e. The molecule has 4 heterocycles. The number of aliphatic hydroxyl groups is 3. The van der Waals surface area contributed by atoms with E-state index in [2.05, 4.69) is 41.5 Å². The molecule has 5 saturated carbocycles. The van der Waals surface area contributed by atoms with Crippen LogP contribution in [-0.2, 0) is 33.2 Å². The standard InChI is InChI=1S/C37H56O10/c1-18-12-37(30-33(6,47-30)17-43-37)46-21-13-32(5)23-9-8-22-31(3,4)24(45-29-28(41)27(40)20(39)15-42-29)10-11-35(22)16-36(23,35)14-25(44-19(2)38)34(32,7)26(18)21/h18,20-30,39-41H,8-17H2,1-7H3/t18-,20+,21+,22+,23+,24+,25-,26+,27+,28-,29+,30+,32+,33+,34-,35-,36+,37-/m1/s1. The van der Waals surface area contributed by atoms with Crippen molar-refractivity contribution < 1.29 is 48.5 Å². The first-order chi connectivity index (χ1) is 22.0. The van der Waals surface area contributed by atoms with Crippen LogP contribution in [0.5, 0.6) is 0 Å². The van der Waals surface area contributed by atoms with Crippen molar-refractivity contribution in [1.82, 2.24) is 0 Å². The maximum Gasteiger partial charge on any atom is 0.302 e. The summed E-state index contributed by atoms with van der Waals surface area (Å²) in [5.74, 6) is 0.642. The fraction of sp³-hybridized carbons (Fsp3) is 0.973. The molecular formula is C37H56O10. The Morgan fingerprint density at radius 3 is 2.30 bits per heavy atom.